The minimum Gasteiger partial charge on any atom is -0.364 e. The summed E-state index contributed by atoms with van der Waals surface area (Å²) in [5.74, 6) is 0.863. The predicted octanol–water partition coefficient (Wildman–Crippen LogP) is 2.34. The molecule has 14 heavy (non-hydrogen) atoms. The van der Waals surface area contributed by atoms with Crippen LogP contribution in [0.15, 0.2) is 16.9 Å². The molecule has 1 atom stereocenters. The van der Waals surface area contributed by atoms with E-state index in [2.05, 4.69) is 17.4 Å². The topological polar surface area (TPSA) is 38.1 Å². The van der Waals surface area contributed by atoms with Crippen LogP contribution in [0.3, 0.4) is 0 Å². The van der Waals surface area contributed by atoms with Crippen LogP contribution in [0, 0.1) is 5.92 Å². The van der Waals surface area contributed by atoms with Crippen LogP contribution in [0.2, 0.25) is 0 Å². The third-order valence-corrected chi connectivity index (χ3v) is 3.20. The quantitative estimate of drug-likeness (QED) is 0.799. The van der Waals surface area contributed by atoms with E-state index in [4.69, 9.17) is 4.52 Å². The maximum atomic E-state index is 4.78. The lowest BCUT2D eigenvalue weighted by Crippen LogP contribution is -2.31. The zero-order valence-corrected chi connectivity index (χ0v) is 8.70. The van der Waals surface area contributed by atoms with Gasteiger partial charge in [-0.15, -0.1) is 0 Å². The molecule has 1 saturated carbocycles. The van der Waals surface area contributed by atoms with Crippen LogP contribution < -0.4 is 5.32 Å². The lowest BCUT2D eigenvalue weighted by molar-refractivity contribution is 0.367. The standard InChI is InChI=1S/C11H18N2O/c1-9(10-4-2-3-5-10)12-8-11-6-7-14-13-11/h6-7,9-10,12H,2-5,8H2,1H3. The van der Waals surface area contributed by atoms with Crippen molar-refractivity contribution in [2.24, 2.45) is 5.92 Å². The van der Waals surface area contributed by atoms with Gasteiger partial charge in [0.15, 0.2) is 0 Å². The monoisotopic (exact) mass is 194 g/mol. The molecule has 0 amide bonds. The lowest BCUT2D eigenvalue weighted by Gasteiger charge is -2.19. The predicted molar refractivity (Wildman–Crippen MR) is 54.8 cm³/mol. The second-order valence-electron chi connectivity index (χ2n) is 4.20. The summed E-state index contributed by atoms with van der Waals surface area (Å²) in [5, 5.41) is 7.38. The molecule has 1 aromatic heterocycles. The van der Waals surface area contributed by atoms with Crippen molar-refractivity contribution in [3.63, 3.8) is 0 Å². The van der Waals surface area contributed by atoms with Gasteiger partial charge in [-0.25, -0.2) is 0 Å². The number of rotatable bonds is 4. The highest BCUT2D eigenvalue weighted by atomic mass is 16.5. The van der Waals surface area contributed by atoms with Gasteiger partial charge < -0.3 is 9.84 Å². The Hall–Kier alpha value is -0.830. The average molecular weight is 194 g/mol. The van der Waals surface area contributed by atoms with E-state index in [9.17, 15) is 0 Å². The number of nitrogens with zero attached hydrogens (tertiary/aromatic N) is 1. The molecule has 1 aliphatic carbocycles. The summed E-state index contributed by atoms with van der Waals surface area (Å²) in [5.41, 5.74) is 0.995. The molecule has 0 spiro atoms. The summed E-state index contributed by atoms with van der Waals surface area (Å²) in [6.07, 6.45) is 7.19. The first-order valence-corrected chi connectivity index (χ1v) is 5.49. The van der Waals surface area contributed by atoms with Crippen LogP contribution in [-0.2, 0) is 6.54 Å². The van der Waals surface area contributed by atoms with Gasteiger partial charge in [0.1, 0.15) is 6.26 Å². The van der Waals surface area contributed by atoms with E-state index in [1.165, 1.54) is 25.7 Å². The molecule has 0 aromatic carbocycles. The molecule has 2 rings (SSSR count). The zero-order valence-electron chi connectivity index (χ0n) is 8.70. The Kier molecular flexibility index (Phi) is 3.19. The second-order valence-corrected chi connectivity index (χ2v) is 4.20. The summed E-state index contributed by atoms with van der Waals surface area (Å²) < 4.78 is 4.78. The largest absolute Gasteiger partial charge is 0.364 e. The van der Waals surface area contributed by atoms with Crippen molar-refractivity contribution >= 4 is 0 Å². The molecular formula is C11H18N2O. The lowest BCUT2D eigenvalue weighted by atomic mass is 10.00. The van der Waals surface area contributed by atoms with E-state index in [1.807, 2.05) is 6.07 Å². The smallest absolute Gasteiger partial charge is 0.124 e. The first kappa shape index (κ1) is 9.71. The summed E-state index contributed by atoms with van der Waals surface area (Å²) in [6.45, 7) is 3.10. The molecule has 1 heterocycles. The molecular weight excluding hydrogens is 176 g/mol. The van der Waals surface area contributed by atoms with Crippen molar-refractivity contribution in [3.8, 4) is 0 Å². The van der Waals surface area contributed by atoms with Crippen molar-refractivity contribution < 1.29 is 4.52 Å². The number of hydrogen-bond donors (Lipinski definition) is 1. The molecule has 0 aliphatic heterocycles. The van der Waals surface area contributed by atoms with Gasteiger partial charge in [0.2, 0.25) is 0 Å². The van der Waals surface area contributed by atoms with Gasteiger partial charge in [-0.05, 0) is 25.7 Å². The maximum absolute atomic E-state index is 4.78. The van der Waals surface area contributed by atoms with Gasteiger partial charge in [-0.2, -0.15) is 0 Å². The van der Waals surface area contributed by atoms with E-state index < -0.39 is 0 Å². The fourth-order valence-electron chi connectivity index (χ4n) is 2.22. The van der Waals surface area contributed by atoms with Crippen molar-refractivity contribution in [2.75, 3.05) is 0 Å². The molecule has 1 N–H and O–H groups in total. The first-order valence-electron chi connectivity index (χ1n) is 5.49. The number of aromatic nitrogens is 1. The van der Waals surface area contributed by atoms with Crippen LogP contribution in [0.25, 0.3) is 0 Å². The Bertz CT molecular complexity index is 252. The first-order chi connectivity index (χ1) is 6.86. The van der Waals surface area contributed by atoms with Crippen LogP contribution in [0.1, 0.15) is 38.3 Å². The minimum atomic E-state index is 0.606. The molecule has 0 radical (unpaired) electrons. The Morgan fingerprint density at radius 2 is 2.36 bits per heavy atom. The number of nitrogens with one attached hydrogen (secondary N) is 1. The minimum absolute atomic E-state index is 0.606. The molecule has 1 unspecified atom stereocenters. The van der Waals surface area contributed by atoms with E-state index in [0.29, 0.717) is 6.04 Å². The van der Waals surface area contributed by atoms with E-state index in [1.54, 1.807) is 6.26 Å². The van der Waals surface area contributed by atoms with Gasteiger partial charge in [-0.1, -0.05) is 18.0 Å². The highest BCUT2D eigenvalue weighted by Gasteiger charge is 2.20. The van der Waals surface area contributed by atoms with E-state index in [0.717, 1.165) is 18.2 Å². The van der Waals surface area contributed by atoms with Crippen LogP contribution >= 0.6 is 0 Å². The molecule has 0 bridgehead atoms. The Morgan fingerprint density at radius 3 is 3.00 bits per heavy atom. The van der Waals surface area contributed by atoms with Gasteiger partial charge in [0, 0.05) is 18.7 Å². The Balaban J connectivity index is 1.74. The highest BCUT2D eigenvalue weighted by Crippen LogP contribution is 2.27. The zero-order chi connectivity index (χ0) is 9.80. The molecule has 3 nitrogen and oxygen atoms in total. The molecule has 3 heteroatoms. The summed E-state index contributed by atoms with van der Waals surface area (Å²) in [7, 11) is 0. The van der Waals surface area contributed by atoms with Crippen LogP contribution in [0.5, 0.6) is 0 Å². The molecule has 1 aliphatic rings. The van der Waals surface area contributed by atoms with Crippen molar-refractivity contribution in [3.05, 3.63) is 18.0 Å². The van der Waals surface area contributed by atoms with Gasteiger partial charge in [0.05, 0.1) is 5.69 Å². The molecule has 0 saturated heterocycles. The fourth-order valence-corrected chi connectivity index (χ4v) is 2.22. The maximum Gasteiger partial charge on any atom is 0.124 e. The van der Waals surface area contributed by atoms with Gasteiger partial charge >= 0.3 is 0 Å². The SMILES string of the molecule is CC(NCc1ccon1)C1CCCC1. The molecule has 78 valence electrons. The Morgan fingerprint density at radius 1 is 1.57 bits per heavy atom. The van der Waals surface area contributed by atoms with Crippen molar-refractivity contribution in [2.45, 2.75) is 45.2 Å². The summed E-state index contributed by atoms with van der Waals surface area (Å²) in [6, 6.07) is 2.52. The van der Waals surface area contributed by atoms with Gasteiger partial charge in [-0.3, -0.25) is 0 Å². The molecule has 1 fully saturated rings. The summed E-state index contributed by atoms with van der Waals surface area (Å²) >= 11 is 0. The number of hydrogen-bond acceptors (Lipinski definition) is 3. The third-order valence-electron chi connectivity index (χ3n) is 3.20. The molecule has 1 aromatic rings. The van der Waals surface area contributed by atoms with Crippen LogP contribution in [-0.4, -0.2) is 11.2 Å². The van der Waals surface area contributed by atoms with E-state index in [-0.39, 0.29) is 0 Å². The highest BCUT2D eigenvalue weighted by molar-refractivity contribution is 4.95. The third kappa shape index (κ3) is 2.35. The normalized spacial score (nSPS) is 20.1. The van der Waals surface area contributed by atoms with E-state index >= 15 is 0 Å². The van der Waals surface area contributed by atoms with Gasteiger partial charge in [0.25, 0.3) is 0 Å². The second kappa shape index (κ2) is 4.60. The Labute approximate surface area is 84.9 Å². The van der Waals surface area contributed by atoms with Crippen molar-refractivity contribution in [1.82, 2.24) is 10.5 Å². The fraction of sp³-hybridized carbons (Fsp3) is 0.727. The van der Waals surface area contributed by atoms with Crippen LogP contribution in [0.4, 0.5) is 0 Å². The summed E-state index contributed by atoms with van der Waals surface area (Å²) in [4.78, 5) is 0. The average Bonchev–Trinajstić information content (AvgIpc) is 2.87. The van der Waals surface area contributed by atoms with Crippen molar-refractivity contribution in [1.29, 1.82) is 0 Å².